The molecule has 0 saturated carbocycles. The van der Waals surface area contributed by atoms with Crippen LogP contribution in [-0.2, 0) is 22.1 Å². The topological polar surface area (TPSA) is 19.4 Å². The number of fused-ring (bicyclic) bond motifs is 2. The molecular weight excluding hydrogens is 729 g/mol. The molecule has 0 spiro atoms. The van der Waals surface area contributed by atoms with Gasteiger partial charge in [0, 0.05) is 79.8 Å². The van der Waals surface area contributed by atoms with Gasteiger partial charge in [-0.15, -0.1) is 0 Å². The molecule has 4 aromatic rings. The van der Waals surface area contributed by atoms with Gasteiger partial charge in [-0.05, 0) is 99.7 Å². The molecule has 4 nitrogen and oxygen atoms in total. The third kappa shape index (κ3) is 7.55. The fraction of sp³-hybridized carbons (Fsp3) is 0.360. The number of halogens is 2. The third-order valence-electron chi connectivity index (χ3n) is 11.9. The van der Waals surface area contributed by atoms with Crippen molar-refractivity contribution in [2.24, 2.45) is 5.41 Å². The highest BCUT2D eigenvalue weighted by Crippen LogP contribution is 2.49. The summed E-state index contributed by atoms with van der Waals surface area (Å²) in [5, 5.41) is 1.54. The first-order chi connectivity index (χ1) is 26.6. The van der Waals surface area contributed by atoms with Gasteiger partial charge in [0.15, 0.2) is 24.7 Å². The van der Waals surface area contributed by atoms with Gasteiger partial charge < -0.3 is 9.64 Å². The predicted molar refractivity (Wildman–Crippen MR) is 234 cm³/mol. The molecule has 0 bridgehead atoms. The Bertz CT molecular complexity index is 2280. The van der Waals surface area contributed by atoms with E-state index in [2.05, 4.69) is 180 Å². The second-order valence-electron chi connectivity index (χ2n) is 17.5. The first-order valence-corrected chi connectivity index (χ1v) is 20.9. The molecule has 1 aromatic heterocycles. The molecule has 0 N–H and O–H groups in total. The molecule has 0 saturated heterocycles. The summed E-state index contributed by atoms with van der Waals surface area (Å²) >= 11 is 13.1. The molecule has 3 aromatic carbocycles. The van der Waals surface area contributed by atoms with Crippen LogP contribution >= 0.6 is 23.2 Å². The van der Waals surface area contributed by atoms with Crippen LogP contribution in [0.3, 0.4) is 0 Å². The molecule has 0 amide bonds. The molecular formula is C50H57Cl2N3O+2. The van der Waals surface area contributed by atoms with E-state index >= 15 is 0 Å². The second kappa shape index (κ2) is 15.5. The number of ether oxygens (including phenoxy) is 1. The van der Waals surface area contributed by atoms with Crippen molar-refractivity contribution < 1.29 is 13.9 Å². The summed E-state index contributed by atoms with van der Waals surface area (Å²) in [6.07, 6.45) is 15.3. The lowest BCUT2D eigenvalue weighted by Crippen LogP contribution is -2.34. The average molecular weight is 787 g/mol. The zero-order valence-corrected chi connectivity index (χ0v) is 36.1. The number of nitrogens with zero attached hydrogens (tertiary/aromatic N) is 3. The van der Waals surface area contributed by atoms with Crippen LogP contribution in [0.1, 0.15) is 104 Å². The first-order valence-electron chi connectivity index (χ1n) is 20.2. The van der Waals surface area contributed by atoms with Gasteiger partial charge in [0.1, 0.15) is 18.4 Å². The molecule has 1 aliphatic carbocycles. The van der Waals surface area contributed by atoms with Gasteiger partial charge in [0.05, 0.1) is 5.41 Å². The summed E-state index contributed by atoms with van der Waals surface area (Å²) < 4.78 is 12.1. The summed E-state index contributed by atoms with van der Waals surface area (Å²) in [5.41, 5.74) is 11.8. The largest absolute Gasteiger partial charge is 0.485 e. The summed E-state index contributed by atoms with van der Waals surface area (Å²) in [7, 11) is 0. The number of likely N-dealkylation sites (N-methyl/N-ethyl adjacent to an activating group) is 1. The van der Waals surface area contributed by atoms with Gasteiger partial charge in [0.2, 0.25) is 5.69 Å². The number of benzene rings is 3. The Morgan fingerprint density at radius 3 is 2.14 bits per heavy atom. The summed E-state index contributed by atoms with van der Waals surface area (Å²) in [6.45, 7) is 23.1. The van der Waals surface area contributed by atoms with Crippen molar-refractivity contribution in [2.45, 2.75) is 98.6 Å². The fourth-order valence-corrected chi connectivity index (χ4v) is 9.26. The predicted octanol–water partition coefficient (Wildman–Crippen LogP) is 12.8. The van der Waals surface area contributed by atoms with Crippen LogP contribution in [-0.4, -0.2) is 23.4 Å². The lowest BCUT2D eigenvalue weighted by atomic mass is 9.81. The minimum Gasteiger partial charge on any atom is -0.485 e. The number of anilines is 1. The van der Waals surface area contributed by atoms with Crippen molar-refractivity contribution in [3.63, 3.8) is 0 Å². The molecule has 56 heavy (non-hydrogen) atoms. The average Bonchev–Trinajstić information content (AvgIpc) is 3.72. The maximum absolute atomic E-state index is 7.39. The van der Waals surface area contributed by atoms with Crippen LogP contribution in [0.4, 0.5) is 11.4 Å². The fourth-order valence-electron chi connectivity index (χ4n) is 8.91. The van der Waals surface area contributed by atoms with E-state index in [0.717, 1.165) is 48.3 Å². The number of hydrogen-bond donors (Lipinski definition) is 0. The van der Waals surface area contributed by atoms with Gasteiger partial charge in [-0.3, -0.25) is 0 Å². The van der Waals surface area contributed by atoms with E-state index in [-0.39, 0.29) is 22.3 Å². The van der Waals surface area contributed by atoms with Crippen molar-refractivity contribution in [1.82, 2.24) is 0 Å². The molecule has 3 aliphatic rings. The molecule has 3 heterocycles. The van der Waals surface area contributed by atoms with E-state index in [9.17, 15) is 0 Å². The highest BCUT2D eigenvalue weighted by molar-refractivity contribution is 6.31. The van der Waals surface area contributed by atoms with E-state index < -0.39 is 0 Å². The van der Waals surface area contributed by atoms with Crippen LogP contribution in [0.15, 0.2) is 138 Å². The zero-order chi connectivity index (χ0) is 40.0. The van der Waals surface area contributed by atoms with Crippen LogP contribution in [0.5, 0.6) is 0 Å². The Hall–Kier alpha value is -4.38. The highest BCUT2D eigenvalue weighted by atomic mass is 35.5. The maximum atomic E-state index is 7.39. The van der Waals surface area contributed by atoms with Gasteiger partial charge >= 0.3 is 0 Å². The molecule has 7 rings (SSSR count). The van der Waals surface area contributed by atoms with Gasteiger partial charge in [-0.1, -0.05) is 94.2 Å². The third-order valence-corrected chi connectivity index (χ3v) is 12.4. The first kappa shape index (κ1) is 39.8. The monoisotopic (exact) mass is 785 g/mol. The standard InChI is InChI=1S/C50H57Cl2N3O/c1-10-54-42-23-21-38(51)31-40(42)49(6,7)44(54)25-19-35-17-18-36(20-26-45-50(8,9)41-32-39(52)22-24-43(41)55(45)11-2)46(35)56-47(48(3,4)5)37-27-29-53(30-28-37)33-34-15-13-12-14-16-34/h12-16,19-32,47H,10-11,17-18,33H2,1-9H3/q+2. The number of hydrogen-bond acceptors (Lipinski definition) is 2. The summed E-state index contributed by atoms with van der Waals surface area (Å²) in [5.74, 6) is 0.985. The molecule has 0 fully saturated rings. The summed E-state index contributed by atoms with van der Waals surface area (Å²) in [6, 6.07) is 27.7. The van der Waals surface area contributed by atoms with Crippen LogP contribution in [0.25, 0.3) is 0 Å². The smallest absolute Gasteiger partial charge is 0.209 e. The van der Waals surface area contributed by atoms with E-state index in [1.165, 1.54) is 56.2 Å². The van der Waals surface area contributed by atoms with Gasteiger partial charge in [-0.25, -0.2) is 4.57 Å². The van der Waals surface area contributed by atoms with E-state index in [1.54, 1.807) is 0 Å². The second-order valence-corrected chi connectivity index (χ2v) is 18.4. The van der Waals surface area contributed by atoms with Crippen molar-refractivity contribution in [3.05, 3.63) is 170 Å². The maximum Gasteiger partial charge on any atom is 0.209 e. The Morgan fingerprint density at radius 2 is 1.48 bits per heavy atom. The molecule has 1 unspecified atom stereocenters. The Balaban J connectivity index is 1.30. The molecule has 2 aliphatic heterocycles. The lowest BCUT2D eigenvalue weighted by Gasteiger charge is -2.32. The highest BCUT2D eigenvalue weighted by Gasteiger charge is 2.44. The SMILES string of the molecule is CCN1/C(=C/C=C2\CCC(/C=C/C3=[N+](CC)c4ccc(Cl)cc4C3(C)C)=C2OC(c2cc[n+](Cc3ccccc3)cc2)C(C)(C)C)C(C)(C)c2cc(Cl)ccc21. The molecule has 290 valence electrons. The number of pyridine rings is 1. The van der Waals surface area contributed by atoms with Crippen molar-refractivity contribution in [1.29, 1.82) is 0 Å². The molecule has 1 atom stereocenters. The Morgan fingerprint density at radius 1 is 0.804 bits per heavy atom. The zero-order valence-electron chi connectivity index (χ0n) is 34.6. The number of aromatic nitrogens is 1. The van der Waals surface area contributed by atoms with Crippen molar-refractivity contribution >= 4 is 40.3 Å². The Kier molecular flexibility index (Phi) is 11.0. The number of allylic oxidation sites excluding steroid dienone is 7. The van der Waals surface area contributed by atoms with Crippen LogP contribution < -0.4 is 9.47 Å². The van der Waals surface area contributed by atoms with Crippen LogP contribution in [0.2, 0.25) is 10.0 Å². The van der Waals surface area contributed by atoms with Crippen molar-refractivity contribution in [3.8, 4) is 0 Å². The molecule has 6 heteroatoms. The summed E-state index contributed by atoms with van der Waals surface area (Å²) in [4.78, 5) is 2.43. The van der Waals surface area contributed by atoms with Gasteiger partial charge in [0.25, 0.3) is 0 Å². The van der Waals surface area contributed by atoms with Crippen molar-refractivity contribution in [2.75, 3.05) is 18.0 Å². The number of rotatable bonds is 10. The quantitative estimate of drug-likeness (QED) is 0.149. The minimum atomic E-state index is -0.196. The van der Waals surface area contributed by atoms with Crippen LogP contribution in [0, 0.1) is 5.41 Å². The van der Waals surface area contributed by atoms with Gasteiger partial charge in [-0.2, -0.15) is 4.58 Å². The molecule has 0 radical (unpaired) electrons. The lowest BCUT2D eigenvalue weighted by molar-refractivity contribution is -0.688. The van der Waals surface area contributed by atoms with E-state index in [4.69, 9.17) is 27.9 Å². The minimum absolute atomic E-state index is 0.169. The normalized spacial score (nSPS) is 19.4. The van der Waals surface area contributed by atoms with E-state index in [1.807, 2.05) is 12.1 Å². The van der Waals surface area contributed by atoms with E-state index in [0.29, 0.717) is 0 Å². The Labute approximate surface area is 345 Å².